The van der Waals surface area contributed by atoms with Crippen LogP contribution in [-0.2, 0) is 28.6 Å². The molecule has 0 heterocycles. The molecule has 1 atom stereocenters. The molecule has 0 aliphatic carbocycles. The van der Waals surface area contributed by atoms with Crippen molar-refractivity contribution in [1.29, 1.82) is 0 Å². The van der Waals surface area contributed by atoms with E-state index < -0.39 is 11.6 Å². The molecule has 7 heteroatoms. The Balaban J connectivity index is 4.07. The predicted molar refractivity (Wildman–Crippen MR) is 115 cm³/mol. The Hall–Kier alpha value is -1.47. The number of carboxylic acids is 1. The van der Waals surface area contributed by atoms with Crippen LogP contribution >= 0.6 is 0 Å². The molecule has 0 aromatic heterocycles. The number of esters is 1. The molecule has 0 amide bonds. The van der Waals surface area contributed by atoms with E-state index in [2.05, 4.69) is 13.8 Å². The minimum atomic E-state index is -0.916. The summed E-state index contributed by atoms with van der Waals surface area (Å²) in [6.45, 7) is 8.52. The molecule has 0 aromatic carbocycles. The Morgan fingerprint density at radius 2 is 1.60 bits per heavy atom. The number of carbonyl (C=O) groups excluding carboxylic acids is 2. The normalized spacial score (nSPS) is 12.7. The molecule has 0 rings (SSSR count). The highest BCUT2D eigenvalue weighted by molar-refractivity contribution is 5.86. The van der Waals surface area contributed by atoms with Crippen LogP contribution in [0.3, 0.4) is 0 Å². The van der Waals surface area contributed by atoms with Crippen molar-refractivity contribution in [2.45, 2.75) is 104 Å². The van der Waals surface area contributed by atoms with Gasteiger partial charge in [-0.25, -0.2) is 0 Å². The molecular formula is C23H42O7. The second-order valence-corrected chi connectivity index (χ2v) is 8.27. The van der Waals surface area contributed by atoms with E-state index in [1.54, 1.807) is 13.8 Å². The highest BCUT2D eigenvalue weighted by Gasteiger charge is 2.27. The van der Waals surface area contributed by atoms with Gasteiger partial charge in [-0.1, -0.05) is 20.3 Å². The van der Waals surface area contributed by atoms with E-state index >= 15 is 0 Å². The van der Waals surface area contributed by atoms with Crippen molar-refractivity contribution in [1.82, 2.24) is 0 Å². The van der Waals surface area contributed by atoms with Crippen molar-refractivity contribution in [3.05, 3.63) is 0 Å². The van der Waals surface area contributed by atoms with Crippen molar-refractivity contribution < 1.29 is 33.7 Å². The van der Waals surface area contributed by atoms with Crippen molar-refractivity contribution in [3.8, 4) is 0 Å². The van der Waals surface area contributed by atoms with Crippen LogP contribution in [0.4, 0.5) is 0 Å². The number of hydrogen-bond donors (Lipinski definition) is 1. The molecule has 0 saturated carbocycles. The van der Waals surface area contributed by atoms with Gasteiger partial charge in [-0.2, -0.15) is 0 Å². The third-order valence-electron chi connectivity index (χ3n) is 5.50. The topological polar surface area (TPSA) is 99.1 Å². The summed E-state index contributed by atoms with van der Waals surface area (Å²) in [6, 6.07) is 0. The first kappa shape index (κ1) is 28.5. The molecule has 0 bridgehead atoms. The van der Waals surface area contributed by atoms with Gasteiger partial charge in [0, 0.05) is 33.0 Å². The van der Waals surface area contributed by atoms with E-state index in [1.165, 1.54) is 7.11 Å². The standard InChI is InChI=1S/C23H42O7/c1-6-19(7-2)29-15-10-8-9-11-22(27)30-16-14-18(17-21(25)26)12-13-20(24)23(3,4)28-5/h18-19H,6-17H2,1-5H3,(H,25,26). The van der Waals surface area contributed by atoms with Gasteiger partial charge in [0.25, 0.3) is 0 Å². The third kappa shape index (κ3) is 13.7. The fraction of sp³-hybridized carbons (Fsp3) is 0.870. The molecule has 0 saturated heterocycles. The molecule has 7 nitrogen and oxygen atoms in total. The van der Waals surface area contributed by atoms with E-state index in [4.69, 9.17) is 19.3 Å². The summed E-state index contributed by atoms with van der Waals surface area (Å²) >= 11 is 0. The van der Waals surface area contributed by atoms with Crippen LogP contribution in [0.5, 0.6) is 0 Å². The highest BCUT2D eigenvalue weighted by Crippen LogP contribution is 2.20. The van der Waals surface area contributed by atoms with Gasteiger partial charge in [-0.05, 0) is 58.3 Å². The molecule has 1 unspecified atom stereocenters. The van der Waals surface area contributed by atoms with Crippen molar-refractivity contribution >= 4 is 17.7 Å². The number of Topliss-reactive ketones (excluding diaryl/α,β-unsaturated/α-hetero) is 1. The zero-order chi connectivity index (χ0) is 23.0. The molecule has 0 aliphatic heterocycles. The summed E-state index contributed by atoms with van der Waals surface area (Å²) in [4.78, 5) is 35.1. The monoisotopic (exact) mass is 430 g/mol. The zero-order valence-electron chi connectivity index (χ0n) is 19.5. The average Bonchev–Trinajstić information content (AvgIpc) is 2.70. The summed E-state index contributed by atoms with van der Waals surface area (Å²) in [5.74, 6) is -1.46. The molecule has 0 spiro atoms. The van der Waals surface area contributed by atoms with Crippen molar-refractivity contribution in [2.24, 2.45) is 5.92 Å². The molecule has 0 fully saturated rings. The van der Waals surface area contributed by atoms with Gasteiger partial charge >= 0.3 is 11.9 Å². The van der Waals surface area contributed by atoms with Gasteiger partial charge in [0.05, 0.1) is 12.7 Å². The number of ketones is 1. The first-order valence-electron chi connectivity index (χ1n) is 11.2. The van der Waals surface area contributed by atoms with Crippen LogP contribution < -0.4 is 0 Å². The smallest absolute Gasteiger partial charge is 0.305 e. The Labute approximate surface area is 181 Å². The molecule has 1 N–H and O–H groups in total. The van der Waals surface area contributed by atoms with Gasteiger partial charge < -0.3 is 19.3 Å². The first-order valence-corrected chi connectivity index (χ1v) is 11.2. The van der Waals surface area contributed by atoms with Gasteiger partial charge in [0.2, 0.25) is 0 Å². The maximum atomic E-state index is 12.2. The quantitative estimate of drug-likeness (QED) is 0.237. The van der Waals surface area contributed by atoms with Gasteiger partial charge in [-0.3, -0.25) is 14.4 Å². The molecule has 0 radical (unpaired) electrons. The lowest BCUT2D eigenvalue weighted by Crippen LogP contribution is -2.34. The highest BCUT2D eigenvalue weighted by atomic mass is 16.5. The minimum absolute atomic E-state index is 0.0469. The van der Waals surface area contributed by atoms with Crippen LogP contribution in [0.15, 0.2) is 0 Å². The lowest BCUT2D eigenvalue weighted by Gasteiger charge is -2.22. The molecular weight excluding hydrogens is 388 g/mol. The van der Waals surface area contributed by atoms with E-state index in [-0.39, 0.29) is 37.1 Å². The molecule has 0 aliphatic rings. The maximum absolute atomic E-state index is 12.2. The Bertz CT molecular complexity index is 498. The van der Waals surface area contributed by atoms with E-state index in [0.717, 1.165) is 38.7 Å². The summed E-state index contributed by atoms with van der Waals surface area (Å²) in [6.07, 6.45) is 6.37. The molecule has 0 aromatic rings. The van der Waals surface area contributed by atoms with E-state index in [9.17, 15) is 14.4 Å². The number of rotatable bonds is 19. The van der Waals surface area contributed by atoms with Crippen LogP contribution in [0.2, 0.25) is 0 Å². The number of methoxy groups -OCH3 is 1. The number of aliphatic carboxylic acids is 1. The van der Waals surface area contributed by atoms with Crippen LogP contribution in [0.25, 0.3) is 0 Å². The van der Waals surface area contributed by atoms with Crippen LogP contribution in [0, 0.1) is 5.92 Å². The maximum Gasteiger partial charge on any atom is 0.305 e. The lowest BCUT2D eigenvalue weighted by atomic mass is 9.91. The fourth-order valence-electron chi connectivity index (χ4n) is 3.08. The number of hydrogen-bond acceptors (Lipinski definition) is 6. The number of carbonyl (C=O) groups is 3. The number of unbranched alkanes of at least 4 members (excludes halogenated alkanes) is 2. The van der Waals surface area contributed by atoms with Crippen molar-refractivity contribution in [3.63, 3.8) is 0 Å². The van der Waals surface area contributed by atoms with Crippen molar-refractivity contribution in [2.75, 3.05) is 20.3 Å². The van der Waals surface area contributed by atoms with E-state index in [1.807, 2.05) is 0 Å². The third-order valence-corrected chi connectivity index (χ3v) is 5.50. The summed E-state index contributed by atoms with van der Waals surface area (Å²) in [7, 11) is 1.48. The number of carboxylic acid groups (broad SMARTS) is 1. The summed E-state index contributed by atoms with van der Waals surface area (Å²) in [5.41, 5.74) is -0.876. The molecule has 176 valence electrons. The van der Waals surface area contributed by atoms with Gasteiger partial charge in [0.15, 0.2) is 5.78 Å². The Kier molecular flexibility index (Phi) is 15.5. The zero-order valence-corrected chi connectivity index (χ0v) is 19.5. The SMILES string of the molecule is CCC(CC)OCCCCCC(=O)OCCC(CCC(=O)C(C)(C)OC)CC(=O)O. The summed E-state index contributed by atoms with van der Waals surface area (Å²) < 4.78 is 16.2. The first-order chi connectivity index (χ1) is 14.2. The summed E-state index contributed by atoms with van der Waals surface area (Å²) in [5, 5.41) is 9.09. The van der Waals surface area contributed by atoms with Crippen LogP contribution in [0.1, 0.15) is 91.9 Å². The average molecular weight is 431 g/mol. The minimum Gasteiger partial charge on any atom is -0.481 e. The fourth-order valence-corrected chi connectivity index (χ4v) is 3.08. The lowest BCUT2D eigenvalue weighted by molar-refractivity contribution is -0.144. The second-order valence-electron chi connectivity index (χ2n) is 8.27. The Morgan fingerprint density at radius 1 is 0.933 bits per heavy atom. The van der Waals surface area contributed by atoms with E-state index in [0.29, 0.717) is 25.4 Å². The van der Waals surface area contributed by atoms with Gasteiger partial charge in [0.1, 0.15) is 5.60 Å². The molecule has 30 heavy (non-hydrogen) atoms. The Morgan fingerprint density at radius 3 is 2.17 bits per heavy atom. The van der Waals surface area contributed by atoms with Gasteiger partial charge in [-0.15, -0.1) is 0 Å². The number of ether oxygens (including phenoxy) is 3. The van der Waals surface area contributed by atoms with Crippen LogP contribution in [-0.4, -0.2) is 54.9 Å². The second kappa shape index (κ2) is 16.3. The predicted octanol–water partition coefficient (Wildman–Crippen LogP) is 4.55. The largest absolute Gasteiger partial charge is 0.481 e.